The maximum atomic E-state index is 10.9. The zero-order chi connectivity index (χ0) is 22.9. The van der Waals surface area contributed by atoms with Gasteiger partial charge in [0.15, 0.2) is 0 Å². The summed E-state index contributed by atoms with van der Waals surface area (Å²) in [6, 6.07) is 21.6. The van der Waals surface area contributed by atoms with Gasteiger partial charge in [-0.2, -0.15) is 0 Å². The minimum Gasteiger partial charge on any atom is -0.465 e. The summed E-state index contributed by atoms with van der Waals surface area (Å²) in [6.07, 6.45) is -0.236. The van der Waals surface area contributed by atoms with Gasteiger partial charge in [-0.05, 0) is 72.5 Å². The third-order valence-electron chi connectivity index (χ3n) is 5.87. The zero-order valence-electron chi connectivity index (χ0n) is 17.9. The van der Waals surface area contributed by atoms with E-state index < -0.39 is 6.09 Å². The summed E-state index contributed by atoms with van der Waals surface area (Å²) >= 11 is 6.07. The van der Waals surface area contributed by atoms with E-state index in [4.69, 9.17) is 16.7 Å². The third kappa shape index (κ3) is 4.27. The van der Waals surface area contributed by atoms with E-state index >= 15 is 0 Å². The van der Waals surface area contributed by atoms with Crippen LogP contribution in [0.2, 0.25) is 5.02 Å². The molecule has 0 radical (unpaired) electrons. The van der Waals surface area contributed by atoms with Crippen molar-refractivity contribution in [2.75, 3.05) is 10.6 Å². The van der Waals surface area contributed by atoms with Crippen molar-refractivity contribution in [2.24, 2.45) is 0 Å². The molecule has 0 saturated heterocycles. The first-order chi connectivity index (χ1) is 16.0. The number of nitrogens with zero attached hydrogens (tertiary/aromatic N) is 3. The Morgan fingerprint density at radius 2 is 1.73 bits per heavy atom. The van der Waals surface area contributed by atoms with Crippen molar-refractivity contribution in [1.82, 2.24) is 15.0 Å². The number of carboxylic acid groups (broad SMARTS) is 1. The van der Waals surface area contributed by atoms with Gasteiger partial charge in [-0.1, -0.05) is 41.1 Å². The molecule has 3 aromatic carbocycles. The van der Waals surface area contributed by atoms with Crippen molar-refractivity contribution in [3.8, 4) is 22.4 Å². The number of amides is 1. The molecule has 7 nitrogen and oxygen atoms in total. The quantitative estimate of drug-likeness (QED) is 0.337. The Kier molecular flexibility index (Phi) is 5.48. The van der Waals surface area contributed by atoms with Crippen LogP contribution >= 0.6 is 11.6 Å². The smallest absolute Gasteiger partial charge is 0.409 e. The Balaban J connectivity index is 1.56. The van der Waals surface area contributed by atoms with Gasteiger partial charge in [-0.15, -0.1) is 5.10 Å². The maximum absolute atomic E-state index is 10.9. The van der Waals surface area contributed by atoms with Crippen molar-refractivity contribution in [3.05, 3.63) is 83.0 Å². The van der Waals surface area contributed by atoms with E-state index in [0.29, 0.717) is 10.7 Å². The van der Waals surface area contributed by atoms with Gasteiger partial charge in [0, 0.05) is 28.5 Å². The zero-order valence-corrected chi connectivity index (χ0v) is 18.7. The van der Waals surface area contributed by atoms with Crippen molar-refractivity contribution in [2.45, 2.75) is 25.9 Å². The van der Waals surface area contributed by atoms with E-state index in [-0.39, 0.29) is 6.04 Å². The summed E-state index contributed by atoms with van der Waals surface area (Å²) in [5.41, 5.74) is 7.81. The van der Waals surface area contributed by atoms with Gasteiger partial charge in [0.25, 0.3) is 0 Å². The molecular weight excluding hydrogens is 438 g/mol. The number of fused-ring (bicyclic) bond motifs is 3. The van der Waals surface area contributed by atoms with Crippen molar-refractivity contribution < 1.29 is 9.90 Å². The van der Waals surface area contributed by atoms with Gasteiger partial charge in [0.05, 0.1) is 17.4 Å². The molecule has 0 saturated carbocycles. The topological polar surface area (TPSA) is 92.1 Å². The minimum atomic E-state index is -1.08. The van der Waals surface area contributed by atoms with Crippen LogP contribution in [-0.4, -0.2) is 26.2 Å². The van der Waals surface area contributed by atoms with Crippen LogP contribution < -0.4 is 10.6 Å². The normalized spacial score (nSPS) is 14.7. The minimum absolute atomic E-state index is 0.0650. The summed E-state index contributed by atoms with van der Waals surface area (Å²) < 4.78 is 1.98. The first-order valence-corrected chi connectivity index (χ1v) is 11.0. The summed E-state index contributed by atoms with van der Waals surface area (Å²) in [5, 5.41) is 24.3. The summed E-state index contributed by atoms with van der Waals surface area (Å²) in [7, 11) is 0. The number of rotatable bonds is 4. The number of hydrogen-bond donors (Lipinski definition) is 3. The number of aryl methyl sites for hydroxylation is 2. The second-order valence-electron chi connectivity index (χ2n) is 8.05. The number of benzene rings is 3. The maximum Gasteiger partial charge on any atom is 0.409 e. The molecular formula is C25H22ClN5O2. The molecule has 1 amide bonds. The first kappa shape index (κ1) is 21.0. The molecule has 1 unspecified atom stereocenters. The molecule has 1 aliphatic heterocycles. The highest BCUT2D eigenvalue weighted by Gasteiger charge is 2.25. The molecule has 4 aromatic rings. The largest absolute Gasteiger partial charge is 0.465 e. The standard InChI is InChI=1S/C25H22ClN5O2/c1-15-24-21-11-4-17(16-2-7-20(8-3-16)28-25(32)33)14-22(21)23(12-13-31(24)30-29-15)27-19-9-5-18(26)6-10-19/h2-11,14,23,27-28H,12-13H2,1H3,(H,32,33). The fourth-order valence-electron chi connectivity index (χ4n) is 4.31. The van der Waals surface area contributed by atoms with Gasteiger partial charge in [-0.25, -0.2) is 9.48 Å². The van der Waals surface area contributed by atoms with Crippen molar-refractivity contribution in [1.29, 1.82) is 0 Å². The van der Waals surface area contributed by atoms with Gasteiger partial charge < -0.3 is 10.4 Å². The first-order valence-electron chi connectivity index (χ1n) is 10.6. The van der Waals surface area contributed by atoms with Crippen LogP contribution in [0.1, 0.15) is 23.7 Å². The van der Waals surface area contributed by atoms with E-state index in [1.165, 1.54) is 5.56 Å². The van der Waals surface area contributed by atoms with E-state index in [0.717, 1.165) is 46.7 Å². The fourth-order valence-corrected chi connectivity index (χ4v) is 4.44. The third-order valence-corrected chi connectivity index (χ3v) is 6.12. The molecule has 8 heteroatoms. The van der Waals surface area contributed by atoms with E-state index in [2.05, 4.69) is 39.1 Å². The molecule has 3 N–H and O–H groups in total. The predicted octanol–water partition coefficient (Wildman–Crippen LogP) is 6.22. The molecule has 0 aliphatic carbocycles. The van der Waals surface area contributed by atoms with Crippen LogP contribution in [0.5, 0.6) is 0 Å². The summed E-state index contributed by atoms with van der Waals surface area (Å²) in [4.78, 5) is 10.9. The summed E-state index contributed by atoms with van der Waals surface area (Å²) in [6.45, 7) is 2.73. The average Bonchev–Trinajstić information content (AvgIpc) is 3.10. The lowest BCUT2D eigenvalue weighted by Crippen LogP contribution is -2.12. The number of aromatic nitrogens is 3. The fraction of sp³-hybridized carbons (Fsp3) is 0.160. The number of nitrogens with one attached hydrogen (secondary N) is 2. The molecule has 5 rings (SSSR count). The van der Waals surface area contributed by atoms with E-state index in [1.807, 2.05) is 48.0 Å². The van der Waals surface area contributed by atoms with E-state index in [1.54, 1.807) is 12.1 Å². The highest BCUT2D eigenvalue weighted by atomic mass is 35.5. The van der Waals surface area contributed by atoms with Crippen LogP contribution in [0.15, 0.2) is 66.7 Å². The predicted molar refractivity (Wildman–Crippen MR) is 130 cm³/mol. The lowest BCUT2D eigenvalue weighted by Gasteiger charge is -2.21. The Labute approximate surface area is 196 Å². The molecule has 1 aliphatic rings. The molecule has 0 bridgehead atoms. The Morgan fingerprint density at radius 1 is 1.03 bits per heavy atom. The molecule has 33 heavy (non-hydrogen) atoms. The molecule has 2 heterocycles. The van der Waals surface area contributed by atoms with Crippen LogP contribution in [0, 0.1) is 6.92 Å². The highest BCUT2D eigenvalue weighted by molar-refractivity contribution is 6.30. The van der Waals surface area contributed by atoms with Gasteiger partial charge in [-0.3, -0.25) is 5.32 Å². The van der Waals surface area contributed by atoms with Gasteiger partial charge in [0.1, 0.15) is 0 Å². The Morgan fingerprint density at radius 3 is 2.45 bits per heavy atom. The Hall–Kier alpha value is -3.84. The molecule has 166 valence electrons. The number of carbonyl (C=O) groups is 1. The second-order valence-corrected chi connectivity index (χ2v) is 8.49. The van der Waals surface area contributed by atoms with Crippen LogP contribution in [-0.2, 0) is 6.54 Å². The van der Waals surface area contributed by atoms with Gasteiger partial charge in [0.2, 0.25) is 0 Å². The molecule has 0 fully saturated rings. The monoisotopic (exact) mass is 459 g/mol. The molecule has 1 atom stereocenters. The van der Waals surface area contributed by atoms with Crippen LogP contribution in [0.3, 0.4) is 0 Å². The number of anilines is 2. The van der Waals surface area contributed by atoms with Crippen molar-refractivity contribution >= 4 is 29.1 Å². The van der Waals surface area contributed by atoms with Crippen LogP contribution in [0.25, 0.3) is 22.4 Å². The summed E-state index contributed by atoms with van der Waals surface area (Å²) in [5.74, 6) is 0. The average molecular weight is 460 g/mol. The number of hydrogen-bond acceptors (Lipinski definition) is 4. The van der Waals surface area contributed by atoms with Crippen LogP contribution in [0.4, 0.5) is 16.2 Å². The Bertz CT molecular complexity index is 1320. The SMILES string of the molecule is Cc1nnn2c1-c1ccc(-c3ccc(NC(=O)O)cc3)cc1C(Nc1ccc(Cl)cc1)CC2. The molecule has 0 spiro atoms. The lowest BCUT2D eigenvalue weighted by atomic mass is 9.92. The lowest BCUT2D eigenvalue weighted by molar-refractivity contribution is 0.210. The molecule has 1 aromatic heterocycles. The van der Waals surface area contributed by atoms with E-state index in [9.17, 15) is 4.79 Å². The second kappa shape index (κ2) is 8.60. The van der Waals surface area contributed by atoms with Gasteiger partial charge >= 0.3 is 6.09 Å². The van der Waals surface area contributed by atoms with Crippen molar-refractivity contribution in [3.63, 3.8) is 0 Å². The highest BCUT2D eigenvalue weighted by Crippen LogP contribution is 2.39. The number of halogens is 1.